The maximum atomic E-state index is 5.77. The molecule has 0 radical (unpaired) electrons. The number of ether oxygens (including phenoxy) is 3. The first-order valence-electron chi connectivity index (χ1n) is 10.2. The lowest BCUT2D eigenvalue weighted by molar-refractivity contribution is 0.00867. The van der Waals surface area contributed by atoms with Crippen LogP contribution in [0.15, 0.2) is 29.3 Å². The number of guanidine groups is 1. The minimum Gasteiger partial charge on any atom is -0.497 e. The maximum Gasteiger partial charge on any atom is 0.191 e. The normalized spacial score (nSPS) is 16.7. The van der Waals surface area contributed by atoms with Gasteiger partial charge in [-0.1, -0.05) is 13.8 Å². The molecule has 0 aromatic heterocycles. The fraction of sp³-hybridized carbons (Fsp3) is 0.667. The van der Waals surface area contributed by atoms with Crippen molar-refractivity contribution in [2.45, 2.75) is 26.8 Å². The van der Waals surface area contributed by atoms with Gasteiger partial charge in [-0.15, -0.1) is 0 Å². The van der Waals surface area contributed by atoms with Gasteiger partial charge in [-0.2, -0.15) is 0 Å². The van der Waals surface area contributed by atoms with Crippen molar-refractivity contribution in [1.29, 1.82) is 0 Å². The number of hydrogen-bond acceptors (Lipinski definition) is 5. The highest BCUT2D eigenvalue weighted by Crippen LogP contribution is 2.16. The molecule has 7 heteroatoms. The summed E-state index contributed by atoms with van der Waals surface area (Å²) in [5, 5.41) is 6.67. The zero-order valence-corrected chi connectivity index (χ0v) is 17.7. The van der Waals surface area contributed by atoms with E-state index >= 15 is 0 Å². The highest BCUT2D eigenvalue weighted by atomic mass is 16.5. The second-order valence-electron chi connectivity index (χ2n) is 7.13. The van der Waals surface area contributed by atoms with E-state index in [0.29, 0.717) is 25.1 Å². The van der Waals surface area contributed by atoms with Gasteiger partial charge in [0.05, 0.1) is 33.4 Å². The smallest absolute Gasteiger partial charge is 0.191 e. The predicted octanol–water partition coefficient (Wildman–Crippen LogP) is 1.99. The lowest BCUT2D eigenvalue weighted by Crippen LogP contribution is -2.48. The van der Waals surface area contributed by atoms with E-state index in [1.165, 1.54) is 0 Å². The summed E-state index contributed by atoms with van der Waals surface area (Å²) in [6.07, 6.45) is 0. The van der Waals surface area contributed by atoms with E-state index in [1.807, 2.05) is 24.3 Å². The second-order valence-corrected chi connectivity index (χ2v) is 7.13. The van der Waals surface area contributed by atoms with Crippen molar-refractivity contribution in [3.63, 3.8) is 0 Å². The van der Waals surface area contributed by atoms with Gasteiger partial charge in [0.2, 0.25) is 0 Å². The van der Waals surface area contributed by atoms with Crippen LogP contribution >= 0.6 is 0 Å². The van der Waals surface area contributed by atoms with Gasteiger partial charge < -0.3 is 24.8 Å². The van der Waals surface area contributed by atoms with E-state index in [-0.39, 0.29) is 0 Å². The average Bonchev–Trinajstić information content (AvgIpc) is 2.72. The van der Waals surface area contributed by atoms with Crippen LogP contribution in [-0.4, -0.2) is 76.6 Å². The summed E-state index contributed by atoms with van der Waals surface area (Å²) < 4.78 is 16.4. The van der Waals surface area contributed by atoms with Gasteiger partial charge in [-0.05, 0) is 37.1 Å². The van der Waals surface area contributed by atoms with Gasteiger partial charge in [-0.25, -0.2) is 0 Å². The van der Waals surface area contributed by atoms with Crippen LogP contribution in [0, 0.1) is 5.92 Å². The molecule has 0 bridgehead atoms. The number of aliphatic imine (C=N–C) groups is 1. The van der Waals surface area contributed by atoms with Crippen LogP contribution in [0.3, 0.4) is 0 Å². The van der Waals surface area contributed by atoms with Crippen LogP contribution in [0.2, 0.25) is 0 Å². The molecule has 1 heterocycles. The molecule has 1 unspecified atom stereocenters. The Bertz CT molecular complexity index is 572. The number of rotatable bonds is 10. The molecule has 0 amide bonds. The van der Waals surface area contributed by atoms with E-state index in [2.05, 4.69) is 36.3 Å². The third-order valence-corrected chi connectivity index (χ3v) is 4.79. The molecule has 1 aromatic rings. The molecule has 28 heavy (non-hydrogen) atoms. The van der Waals surface area contributed by atoms with Crippen molar-refractivity contribution in [3.8, 4) is 11.5 Å². The lowest BCUT2D eigenvalue weighted by atomic mass is 10.0. The largest absolute Gasteiger partial charge is 0.497 e. The first-order chi connectivity index (χ1) is 13.6. The van der Waals surface area contributed by atoms with E-state index < -0.39 is 0 Å². The third-order valence-electron chi connectivity index (χ3n) is 4.79. The minimum absolute atomic E-state index is 0.426. The van der Waals surface area contributed by atoms with Gasteiger partial charge in [0, 0.05) is 25.7 Å². The SMILES string of the molecule is CCNC(=NCC(C(C)C)N1CCOCC1)NCCOc1ccc(OC)cc1. The Morgan fingerprint density at radius 2 is 1.82 bits per heavy atom. The summed E-state index contributed by atoms with van der Waals surface area (Å²) in [5.41, 5.74) is 0. The quantitative estimate of drug-likeness (QED) is 0.361. The van der Waals surface area contributed by atoms with Gasteiger partial charge in [0.15, 0.2) is 5.96 Å². The zero-order valence-electron chi connectivity index (χ0n) is 17.7. The summed E-state index contributed by atoms with van der Waals surface area (Å²) in [4.78, 5) is 7.31. The van der Waals surface area contributed by atoms with E-state index in [9.17, 15) is 0 Å². The second kappa shape index (κ2) is 12.5. The zero-order chi connectivity index (χ0) is 20.2. The Morgan fingerprint density at radius 1 is 1.14 bits per heavy atom. The van der Waals surface area contributed by atoms with Crippen LogP contribution in [0.1, 0.15) is 20.8 Å². The molecular weight excluding hydrogens is 356 g/mol. The summed E-state index contributed by atoms with van der Waals surface area (Å²) in [5.74, 6) is 3.03. The molecular formula is C21H36N4O3. The van der Waals surface area contributed by atoms with Crippen molar-refractivity contribution in [2.24, 2.45) is 10.9 Å². The average molecular weight is 393 g/mol. The number of morpholine rings is 1. The van der Waals surface area contributed by atoms with Gasteiger partial charge in [-0.3, -0.25) is 9.89 Å². The molecule has 1 atom stereocenters. The first-order valence-corrected chi connectivity index (χ1v) is 10.2. The van der Waals surface area contributed by atoms with Gasteiger partial charge in [0.1, 0.15) is 18.1 Å². The Hall–Kier alpha value is -1.99. The van der Waals surface area contributed by atoms with Crippen molar-refractivity contribution < 1.29 is 14.2 Å². The standard InChI is InChI=1S/C21H36N4O3/c1-5-22-21(23-10-13-28-19-8-6-18(26-4)7-9-19)24-16-20(17(2)3)25-11-14-27-15-12-25/h6-9,17,20H,5,10-16H2,1-4H3,(H2,22,23,24). The molecule has 1 aromatic carbocycles. The Kier molecular flexibility index (Phi) is 9.93. The Balaban J connectivity index is 1.81. The molecule has 7 nitrogen and oxygen atoms in total. The van der Waals surface area contributed by atoms with E-state index in [1.54, 1.807) is 7.11 Å². The van der Waals surface area contributed by atoms with Crippen molar-refractivity contribution in [3.05, 3.63) is 24.3 Å². The number of hydrogen-bond donors (Lipinski definition) is 2. The molecule has 0 aliphatic carbocycles. The van der Waals surface area contributed by atoms with Crippen LogP contribution in [0.4, 0.5) is 0 Å². The van der Waals surface area contributed by atoms with Crippen LogP contribution in [0.25, 0.3) is 0 Å². The highest BCUT2D eigenvalue weighted by Gasteiger charge is 2.23. The summed E-state index contributed by atoms with van der Waals surface area (Å²) >= 11 is 0. The number of methoxy groups -OCH3 is 1. The van der Waals surface area contributed by atoms with Crippen LogP contribution in [0.5, 0.6) is 11.5 Å². The Labute approximate surface area is 169 Å². The number of benzene rings is 1. The molecule has 1 saturated heterocycles. The molecule has 1 fully saturated rings. The Morgan fingerprint density at radius 3 is 2.43 bits per heavy atom. The molecule has 1 aliphatic rings. The summed E-state index contributed by atoms with van der Waals surface area (Å²) in [7, 11) is 1.66. The molecule has 158 valence electrons. The van der Waals surface area contributed by atoms with E-state index in [0.717, 1.165) is 56.9 Å². The molecule has 1 aliphatic heterocycles. The molecule has 0 spiro atoms. The number of nitrogens with zero attached hydrogens (tertiary/aromatic N) is 2. The van der Waals surface area contributed by atoms with Crippen molar-refractivity contribution in [1.82, 2.24) is 15.5 Å². The first kappa shape index (κ1) is 22.3. The van der Waals surface area contributed by atoms with E-state index in [4.69, 9.17) is 19.2 Å². The van der Waals surface area contributed by atoms with Crippen LogP contribution < -0.4 is 20.1 Å². The monoisotopic (exact) mass is 392 g/mol. The topological polar surface area (TPSA) is 67.4 Å². The van der Waals surface area contributed by atoms with Crippen molar-refractivity contribution >= 4 is 5.96 Å². The maximum absolute atomic E-state index is 5.77. The van der Waals surface area contributed by atoms with Gasteiger partial charge in [0.25, 0.3) is 0 Å². The minimum atomic E-state index is 0.426. The summed E-state index contributed by atoms with van der Waals surface area (Å²) in [6.45, 7) is 13.0. The van der Waals surface area contributed by atoms with Gasteiger partial charge >= 0.3 is 0 Å². The fourth-order valence-corrected chi connectivity index (χ4v) is 3.19. The number of nitrogens with one attached hydrogen (secondary N) is 2. The lowest BCUT2D eigenvalue weighted by Gasteiger charge is -2.36. The predicted molar refractivity (Wildman–Crippen MR) is 113 cm³/mol. The van der Waals surface area contributed by atoms with Crippen LogP contribution in [-0.2, 0) is 4.74 Å². The molecule has 2 N–H and O–H groups in total. The molecule has 0 saturated carbocycles. The molecule has 2 rings (SSSR count). The fourth-order valence-electron chi connectivity index (χ4n) is 3.19. The van der Waals surface area contributed by atoms with Crippen molar-refractivity contribution in [2.75, 3.05) is 59.7 Å². The summed E-state index contributed by atoms with van der Waals surface area (Å²) in [6, 6.07) is 8.04. The highest BCUT2D eigenvalue weighted by molar-refractivity contribution is 5.79. The third kappa shape index (κ3) is 7.56.